The molecule has 0 aliphatic carbocycles. The third kappa shape index (κ3) is 5.65. The first-order valence-corrected chi connectivity index (χ1v) is 8.94. The van der Waals surface area contributed by atoms with Crippen molar-refractivity contribution in [2.45, 2.75) is 13.2 Å². The van der Waals surface area contributed by atoms with Gasteiger partial charge in [-0.25, -0.2) is 0 Å². The van der Waals surface area contributed by atoms with E-state index < -0.39 is 6.61 Å². The Labute approximate surface area is 171 Å². The first-order valence-electron chi connectivity index (χ1n) is 8.57. The lowest BCUT2D eigenvalue weighted by Crippen LogP contribution is -2.03. The molecule has 0 aliphatic heterocycles. The lowest BCUT2D eigenvalue weighted by Gasteiger charge is -2.09. The molecule has 0 saturated heterocycles. The Morgan fingerprint density at radius 1 is 1.24 bits per heavy atom. The zero-order chi connectivity index (χ0) is 20.8. The smallest absolute Gasteiger partial charge is 0.387 e. The van der Waals surface area contributed by atoms with E-state index >= 15 is 0 Å². The van der Waals surface area contributed by atoms with E-state index in [4.69, 9.17) is 16.3 Å². The maximum atomic E-state index is 12.3. The van der Waals surface area contributed by atoms with Gasteiger partial charge >= 0.3 is 6.61 Å². The van der Waals surface area contributed by atoms with Crippen LogP contribution in [0.5, 0.6) is 11.5 Å². The summed E-state index contributed by atoms with van der Waals surface area (Å²) < 4.78 is 35.7. The fraction of sp³-hybridized carbons (Fsp3) is 0.143. The monoisotopic (exact) mass is 418 g/mol. The number of alkyl halides is 2. The second-order valence-corrected chi connectivity index (χ2v) is 6.46. The summed E-state index contributed by atoms with van der Waals surface area (Å²) in [6.45, 7) is -2.45. The van der Waals surface area contributed by atoms with Crippen LogP contribution in [0.1, 0.15) is 21.5 Å². The van der Waals surface area contributed by atoms with Crippen molar-refractivity contribution >= 4 is 23.5 Å². The molecule has 2 aromatic carbocycles. The predicted octanol–water partition coefficient (Wildman–Crippen LogP) is 5.09. The Morgan fingerprint density at radius 2 is 2.00 bits per heavy atom. The maximum Gasteiger partial charge on any atom is 0.387 e. The van der Waals surface area contributed by atoms with Crippen LogP contribution in [0.4, 0.5) is 8.78 Å². The maximum absolute atomic E-state index is 12.3. The van der Waals surface area contributed by atoms with E-state index in [1.165, 1.54) is 30.3 Å². The molecule has 29 heavy (non-hydrogen) atoms. The molecule has 1 aromatic heterocycles. The first-order chi connectivity index (χ1) is 13.9. The molecular weight excluding hydrogens is 402 g/mol. The highest BCUT2D eigenvalue weighted by Gasteiger charge is 2.08. The summed E-state index contributed by atoms with van der Waals surface area (Å²) in [5.74, 6) is 0.429. The van der Waals surface area contributed by atoms with Gasteiger partial charge in [-0.2, -0.15) is 13.9 Å². The fourth-order valence-corrected chi connectivity index (χ4v) is 2.85. The highest BCUT2D eigenvalue weighted by Crippen LogP contribution is 2.22. The Bertz CT molecular complexity index is 1020. The molecule has 0 radical (unpaired) electrons. The van der Waals surface area contributed by atoms with Crippen molar-refractivity contribution in [2.24, 2.45) is 0 Å². The van der Waals surface area contributed by atoms with Gasteiger partial charge in [-0.15, -0.1) is 0 Å². The molecule has 3 rings (SSSR count). The van der Waals surface area contributed by atoms with Gasteiger partial charge < -0.3 is 9.47 Å². The Morgan fingerprint density at radius 3 is 2.62 bits per heavy atom. The zero-order valence-corrected chi connectivity index (χ0v) is 16.1. The quantitative estimate of drug-likeness (QED) is 0.377. The molecule has 0 fully saturated rings. The largest absolute Gasteiger partial charge is 0.496 e. The lowest BCUT2D eigenvalue weighted by atomic mass is 10.1. The summed E-state index contributed by atoms with van der Waals surface area (Å²) >= 11 is 5.90. The normalized spacial score (nSPS) is 11.2. The Hall–Kier alpha value is -3.19. The van der Waals surface area contributed by atoms with E-state index in [0.29, 0.717) is 22.9 Å². The van der Waals surface area contributed by atoms with Crippen LogP contribution in [0, 0.1) is 0 Å². The summed E-state index contributed by atoms with van der Waals surface area (Å²) in [5, 5.41) is 4.69. The molecule has 8 heteroatoms. The van der Waals surface area contributed by atoms with E-state index in [-0.39, 0.29) is 11.5 Å². The molecule has 0 aliphatic rings. The van der Waals surface area contributed by atoms with Crippen LogP contribution < -0.4 is 9.47 Å². The van der Waals surface area contributed by atoms with Crippen molar-refractivity contribution in [3.8, 4) is 11.5 Å². The van der Waals surface area contributed by atoms with Gasteiger partial charge in [0.25, 0.3) is 0 Å². The van der Waals surface area contributed by atoms with Crippen molar-refractivity contribution in [3.63, 3.8) is 0 Å². The summed E-state index contributed by atoms with van der Waals surface area (Å²) in [7, 11) is 1.58. The number of carbonyl (C=O) groups excluding carboxylic acids is 1. The number of hydrogen-bond donors (Lipinski definition) is 0. The van der Waals surface area contributed by atoms with E-state index in [9.17, 15) is 13.6 Å². The molecule has 0 amide bonds. The SMILES string of the molecule is COc1ccc(/C=C/C(=O)c2ccc(OC(F)F)cc2)cc1Cn1cc(Cl)cn1. The van der Waals surface area contributed by atoms with Crippen LogP contribution in [-0.4, -0.2) is 29.3 Å². The molecule has 1 heterocycles. The van der Waals surface area contributed by atoms with Crippen LogP contribution in [0.25, 0.3) is 6.08 Å². The minimum Gasteiger partial charge on any atom is -0.496 e. The molecule has 150 valence electrons. The number of hydrogen-bond acceptors (Lipinski definition) is 4. The number of aromatic nitrogens is 2. The Balaban J connectivity index is 1.74. The van der Waals surface area contributed by atoms with Gasteiger partial charge in [-0.1, -0.05) is 23.7 Å². The number of ether oxygens (including phenoxy) is 2. The number of allylic oxidation sites excluding steroid dienone is 1. The molecule has 0 spiro atoms. The molecular formula is C21H17ClF2N2O3. The minimum atomic E-state index is -2.90. The van der Waals surface area contributed by atoms with Crippen molar-refractivity contribution in [1.29, 1.82) is 0 Å². The van der Waals surface area contributed by atoms with Crippen LogP contribution >= 0.6 is 11.6 Å². The van der Waals surface area contributed by atoms with Crippen LogP contribution in [0.3, 0.4) is 0 Å². The third-order valence-corrected chi connectivity index (χ3v) is 4.22. The molecule has 5 nitrogen and oxygen atoms in total. The van der Waals surface area contributed by atoms with Gasteiger partial charge in [0.2, 0.25) is 0 Å². The fourth-order valence-electron chi connectivity index (χ4n) is 2.69. The van der Waals surface area contributed by atoms with Gasteiger partial charge in [0.1, 0.15) is 11.5 Å². The summed E-state index contributed by atoms with van der Waals surface area (Å²) in [6.07, 6.45) is 6.34. The van der Waals surface area contributed by atoms with Crippen molar-refractivity contribution in [3.05, 3.63) is 82.6 Å². The minimum absolute atomic E-state index is 0.000879. The van der Waals surface area contributed by atoms with E-state index in [1.807, 2.05) is 12.1 Å². The standard InChI is InChI=1S/C21H17ClF2N2O3/c1-28-20-9-3-14(10-16(20)12-26-13-17(22)11-25-26)2-8-19(27)15-4-6-18(7-5-15)29-21(23)24/h2-11,13,21H,12H2,1H3/b8-2+. The van der Waals surface area contributed by atoms with Crippen molar-refractivity contribution in [1.82, 2.24) is 9.78 Å². The van der Waals surface area contributed by atoms with Gasteiger partial charge in [0.15, 0.2) is 5.78 Å². The predicted molar refractivity (Wildman–Crippen MR) is 106 cm³/mol. The number of benzene rings is 2. The summed E-state index contributed by atoms with van der Waals surface area (Å²) in [4.78, 5) is 12.3. The topological polar surface area (TPSA) is 53.4 Å². The zero-order valence-electron chi connectivity index (χ0n) is 15.4. The van der Waals surface area contributed by atoms with Crippen molar-refractivity contribution in [2.75, 3.05) is 7.11 Å². The van der Waals surface area contributed by atoms with Gasteiger partial charge in [0.05, 0.1) is 24.9 Å². The second-order valence-electron chi connectivity index (χ2n) is 6.03. The molecule has 0 unspecified atom stereocenters. The van der Waals surface area contributed by atoms with Crippen LogP contribution in [0.15, 0.2) is 60.9 Å². The summed E-state index contributed by atoms with van der Waals surface area (Å²) in [5.41, 5.74) is 2.03. The number of halogens is 3. The van der Waals surface area contributed by atoms with E-state index in [2.05, 4.69) is 9.84 Å². The molecule has 0 saturated carbocycles. The highest BCUT2D eigenvalue weighted by molar-refractivity contribution is 6.30. The molecule has 0 N–H and O–H groups in total. The molecule has 3 aromatic rings. The van der Waals surface area contributed by atoms with E-state index in [1.54, 1.807) is 36.3 Å². The van der Waals surface area contributed by atoms with E-state index in [0.717, 1.165) is 11.1 Å². The second kappa shape index (κ2) is 9.34. The number of rotatable bonds is 8. The van der Waals surface area contributed by atoms with Gasteiger partial charge in [-0.3, -0.25) is 9.48 Å². The lowest BCUT2D eigenvalue weighted by molar-refractivity contribution is -0.0498. The number of methoxy groups -OCH3 is 1. The van der Waals surface area contributed by atoms with Crippen molar-refractivity contribution < 1.29 is 23.0 Å². The van der Waals surface area contributed by atoms with Crippen LogP contribution in [-0.2, 0) is 6.54 Å². The van der Waals surface area contributed by atoms with Gasteiger partial charge in [0, 0.05) is 17.3 Å². The van der Waals surface area contributed by atoms with Crippen LogP contribution in [0.2, 0.25) is 5.02 Å². The number of ketones is 1. The Kier molecular flexibility index (Phi) is 6.61. The first kappa shape index (κ1) is 20.5. The highest BCUT2D eigenvalue weighted by atomic mass is 35.5. The summed E-state index contributed by atoms with van der Waals surface area (Å²) in [6, 6.07) is 11.0. The molecule has 0 bridgehead atoms. The number of nitrogens with zero attached hydrogens (tertiary/aromatic N) is 2. The number of carbonyl (C=O) groups is 1. The molecule has 0 atom stereocenters. The van der Waals surface area contributed by atoms with Gasteiger partial charge in [-0.05, 0) is 48.0 Å². The average Bonchev–Trinajstić information content (AvgIpc) is 3.11. The average molecular weight is 419 g/mol. The third-order valence-electron chi connectivity index (χ3n) is 4.03.